The molecule has 0 radical (unpaired) electrons. The Morgan fingerprint density at radius 2 is 2.21 bits per heavy atom. The van der Waals surface area contributed by atoms with Crippen LogP contribution >= 0.6 is 0 Å². The van der Waals surface area contributed by atoms with E-state index < -0.39 is 17.4 Å². The molecule has 6 nitrogen and oxygen atoms in total. The van der Waals surface area contributed by atoms with E-state index in [0.29, 0.717) is 13.0 Å². The van der Waals surface area contributed by atoms with Gasteiger partial charge in [-0.3, -0.25) is 4.79 Å². The highest BCUT2D eigenvalue weighted by Crippen LogP contribution is 2.49. The second-order valence-corrected chi connectivity index (χ2v) is 4.71. The maximum absolute atomic E-state index is 12.1. The second-order valence-electron chi connectivity index (χ2n) is 4.71. The summed E-state index contributed by atoms with van der Waals surface area (Å²) in [6.07, 6.45) is 3.71. The molecule has 19 heavy (non-hydrogen) atoms. The first kappa shape index (κ1) is 15.7. The molecule has 0 aromatic heterocycles. The van der Waals surface area contributed by atoms with Gasteiger partial charge in [0.1, 0.15) is 0 Å². The van der Waals surface area contributed by atoms with Crippen molar-refractivity contribution in [3.63, 3.8) is 0 Å². The van der Waals surface area contributed by atoms with Crippen LogP contribution in [-0.2, 0) is 19.1 Å². The van der Waals surface area contributed by atoms with Crippen molar-refractivity contribution in [1.29, 1.82) is 0 Å². The van der Waals surface area contributed by atoms with Crippen LogP contribution in [0.2, 0.25) is 0 Å². The van der Waals surface area contributed by atoms with Crippen LogP contribution in [0.25, 0.3) is 0 Å². The van der Waals surface area contributed by atoms with E-state index in [1.54, 1.807) is 7.11 Å². The molecule has 0 saturated heterocycles. The van der Waals surface area contributed by atoms with Crippen LogP contribution in [0.3, 0.4) is 0 Å². The summed E-state index contributed by atoms with van der Waals surface area (Å²) in [5, 5.41) is 11.6. The number of rotatable bonds is 10. The standard InChI is InChI=1S/C13H21NO5/c1-3-7-19-9-10(11(15)16)14-12(17)13(4-5-13)6-8-18-2/h3,10H,1,4-9H2,2H3,(H,14,17)(H,15,16). The molecule has 6 heteroatoms. The van der Waals surface area contributed by atoms with E-state index >= 15 is 0 Å². The van der Waals surface area contributed by atoms with Gasteiger partial charge in [0.05, 0.1) is 18.6 Å². The fraction of sp³-hybridized carbons (Fsp3) is 0.692. The van der Waals surface area contributed by atoms with Crippen molar-refractivity contribution in [2.75, 3.05) is 26.9 Å². The van der Waals surface area contributed by atoms with E-state index in [1.807, 2.05) is 0 Å². The third-order valence-electron chi connectivity index (χ3n) is 3.24. The Labute approximate surface area is 112 Å². The Kier molecular flexibility index (Phi) is 5.98. The molecule has 2 N–H and O–H groups in total. The van der Waals surface area contributed by atoms with Gasteiger partial charge in [-0.15, -0.1) is 6.58 Å². The summed E-state index contributed by atoms with van der Waals surface area (Å²) < 4.78 is 10.1. The number of carbonyl (C=O) groups is 2. The summed E-state index contributed by atoms with van der Waals surface area (Å²) in [6, 6.07) is -1.02. The minimum Gasteiger partial charge on any atom is -0.480 e. The maximum Gasteiger partial charge on any atom is 0.328 e. The number of amides is 1. The Bertz CT molecular complexity index is 338. The SMILES string of the molecule is C=CCOCC(NC(=O)C1(CCOC)CC1)C(=O)O. The van der Waals surface area contributed by atoms with Gasteiger partial charge < -0.3 is 19.9 Å². The molecule has 0 aromatic rings. The quantitative estimate of drug-likeness (QED) is 0.448. The molecular formula is C13H21NO5. The van der Waals surface area contributed by atoms with Crippen molar-refractivity contribution in [2.24, 2.45) is 5.41 Å². The lowest BCUT2D eigenvalue weighted by atomic mass is 10.0. The first-order valence-corrected chi connectivity index (χ1v) is 6.27. The van der Waals surface area contributed by atoms with Gasteiger partial charge in [0.2, 0.25) is 5.91 Å². The van der Waals surface area contributed by atoms with Gasteiger partial charge >= 0.3 is 5.97 Å². The number of aliphatic carboxylic acids is 1. The Morgan fingerprint density at radius 3 is 2.68 bits per heavy atom. The molecule has 0 bridgehead atoms. The molecule has 1 aliphatic carbocycles. The summed E-state index contributed by atoms with van der Waals surface area (Å²) in [7, 11) is 1.58. The molecule has 0 heterocycles. The zero-order valence-electron chi connectivity index (χ0n) is 11.2. The normalized spacial score (nSPS) is 17.5. The van der Waals surface area contributed by atoms with Gasteiger partial charge in [-0.25, -0.2) is 4.79 Å². The monoisotopic (exact) mass is 271 g/mol. The lowest BCUT2D eigenvalue weighted by molar-refractivity contribution is -0.144. The highest BCUT2D eigenvalue weighted by molar-refractivity contribution is 5.89. The van der Waals surface area contributed by atoms with Crippen molar-refractivity contribution >= 4 is 11.9 Å². The van der Waals surface area contributed by atoms with Crippen molar-refractivity contribution in [2.45, 2.75) is 25.3 Å². The lowest BCUT2D eigenvalue weighted by Crippen LogP contribution is -2.47. The van der Waals surface area contributed by atoms with Crippen molar-refractivity contribution < 1.29 is 24.2 Å². The average molecular weight is 271 g/mol. The number of carboxylic acids is 1. The van der Waals surface area contributed by atoms with E-state index in [1.165, 1.54) is 6.08 Å². The van der Waals surface area contributed by atoms with Crippen molar-refractivity contribution in [3.8, 4) is 0 Å². The summed E-state index contributed by atoms with van der Waals surface area (Å²) >= 11 is 0. The van der Waals surface area contributed by atoms with E-state index in [-0.39, 0.29) is 19.1 Å². The summed E-state index contributed by atoms with van der Waals surface area (Å²) in [5.41, 5.74) is -0.442. The Balaban J connectivity index is 2.47. The number of carbonyl (C=O) groups excluding carboxylic acids is 1. The van der Waals surface area contributed by atoms with Crippen LogP contribution < -0.4 is 5.32 Å². The summed E-state index contributed by atoms with van der Waals surface area (Å²) in [5.74, 6) is -1.32. The smallest absolute Gasteiger partial charge is 0.328 e. The molecular weight excluding hydrogens is 250 g/mol. The highest BCUT2D eigenvalue weighted by Gasteiger charge is 2.49. The molecule has 1 amide bonds. The number of hydrogen-bond acceptors (Lipinski definition) is 4. The number of hydrogen-bond donors (Lipinski definition) is 2. The van der Waals surface area contributed by atoms with Gasteiger partial charge in [0.25, 0.3) is 0 Å². The Morgan fingerprint density at radius 1 is 1.53 bits per heavy atom. The molecule has 1 unspecified atom stereocenters. The molecule has 0 aliphatic heterocycles. The minimum absolute atomic E-state index is 0.0621. The predicted molar refractivity (Wildman–Crippen MR) is 68.7 cm³/mol. The van der Waals surface area contributed by atoms with Gasteiger partial charge in [0, 0.05) is 13.7 Å². The topological polar surface area (TPSA) is 84.9 Å². The fourth-order valence-electron chi connectivity index (χ4n) is 1.79. The molecule has 1 atom stereocenters. The van der Waals surface area contributed by atoms with Crippen LogP contribution in [0.15, 0.2) is 12.7 Å². The van der Waals surface area contributed by atoms with Gasteiger partial charge in [-0.1, -0.05) is 6.08 Å². The zero-order valence-corrected chi connectivity index (χ0v) is 11.2. The van der Waals surface area contributed by atoms with Crippen LogP contribution in [0.5, 0.6) is 0 Å². The highest BCUT2D eigenvalue weighted by atomic mass is 16.5. The largest absolute Gasteiger partial charge is 0.480 e. The number of ether oxygens (including phenoxy) is 2. The molecule has 0 aromatic carbocycles. The van der Waals surface area contributed by atoms with Crippen LogP contribution in [0.4, 0.5) is 0 Å². The first-order valence-electron chi connectivity index (χ1n) is 6.27. The van der Waals surface area contributed by atoms with E-state index in [0.717, 1.165) is 12.8 Å². The van der Waals surface area contributed by atoms with Crippen LogP contribution in [-0.4, -0.2) is 50.0 Å². The van der Waals surface area contributed by atoms with E-state index in [2.05, 4.69) is 11.9 Å². The Hall–Kier alpha value is -1.40. The molecule has 1 rings (SSSR count). The maximum atomic E-state index is 12.1. The predicted octanol–water partition coefficient (Wildman–Crippen LogP) is 0.575. The lowest BCUT2D eigenvalue weighted by Gasteiger charge is -2.19. The van der Waals surface area contributed by atoms with Crippen LogP contribution in [0, 0.1) is 5.41 Å². The fourth-order valence-corrected chi connectivity index (χ4v) is 1.79. The van der Waals surface area contributed by atoms with Gasteiger partial charge in [-0.2, -0.15) is 0 Å². The van der Waals surface area contributed by atoms with E-state index in [9.17, 15) is 9.59 Å². The molecule has 108 valence electrons. The van der Waals surface area contributed by atoms with Gasteiger partial charge in [-0.05, 0) is 19.3 Å². The van der Waals surface area contributed by atoms with Crippen molar-refractivity contribution in [1.82, 2.24) is 5.32 Å². The number of methoxy groups -OCH3 is 1. The summed E-state index contributed by atoms with van der Waals surface area (Å²) in [4.78, 5) is 23.1. The zero-order chi connectivity index (χ0) is 14.3. The molecule has 1 saturated carbocycles. The molecule has 1 aliphatic rings. The molecule has 0 spiro atoms. The minimum atomic E-state index is -1.10. The van der Waals surface area contributed by atoms with E-state index in [4.69, 9.17) is 14.6 Å². The van der Waals surface area contributed by atoms with Crippen LogP contribution in [0.1, 0.15) is 19.3 Å². The first-order chi connectivity index (χ1) is 9.05. The van der Waals surface area contributed by atoms with Gasteiger partial charge in [0.15, 0.2) is 6.04 Å². The van der Waals surface area contributed by atoms with Crippen molar-refractivity contribution in [3.05, 3.63) is 12.7 Å². The number of nitrogens with one attached hydrogen (secondary N) is 1. The summed E-state index contributed by atoms with van der Waals surface area (Å²) in [6.45, 7) is 4.17. The average Bonchev–Trinajstić information content (AvgIpc) is 3.16. The molecule has 1 fully saturated rings. The third kappa shape index (κ3) is 4.65. The third-order valence-corrected chi connectivity index (χ3v) is 3.24. The second kappa shape index (κ2) is 7.25. The number of carboxylic acid groups (broad SMARTS) is 1.